The van der Waals surface area contributed by atoms with Crippen LogP contribution in [0.2, 0.25) is 0 Å². The SMILES string of the molecule is CN1CCC(Oc2c(Br)cccc2CCN)C1=O. The molecule has 0 bridgehead atoms. The van der Waals surface area contributed by atoms with E-state index in [1.807, 2.05) is 18.2 Å². The first kappa shape index (κ1) is 13.4. The van der Waals surface area contributed by atoms with Crippen molar-refractivity contribution in [2.24, 2.45) is 5.73 Å². The summed E-state index contributed by atoms with van der Waals surface area (Å²) in [6.45, 7) is 1.31. The van der Waals surface area contributed by atoms with E-state index >= 15 is 0 Å². The highest BCUT2D eigenvalue weighted by molar-refractivity contribution is 9.10. The number of amides is 1. The van der Waals surface area contributed by atoms with E-state index in [2.05, 4.69) is 15.9 Å². The quantitative estimate of drug-likeness (QED) is 0.918. The second-order valence-electron chi connectivity index (χ2n) is 4.42. The molecule has 1 aliphatic heterocycles. The predicted molar refractivity (Wildman–Crippen MR) is 73.6 cm³/mol. The van der Waals surface area contributed by atoms with Crippen LogP contribution in [0.15, 0.2) is 22.7 Å². The summed E-state index contributed by atoms with van der Waals surface area (Å²) in [6.07, 6.45) is 1.11. The topological polar surface area (TPSA) is 55.6 Å². The molecule has 1 atom stereocenters. The number of carbonyl (C=O) groups excluding carboxylic acids is 1. The van der Waals surface area contributed by atoms with Crippen LogP contribution in [0.25, 0.3) is 0 Å². The lowest BCUT2D eigenvalue weighted by molar-refractivity contribution is -0.132. The maximum absolute atomic E-state index is 11.9. The minimum Gasteiger partial charge on any atom is -0.479 e. The molecular formula is C13H17BrN2O2. The fourth-order valence-electron chi connectivity index (χ4n) is 2.08. The van der Waals surface area contributed by atoms with Crippen molar-refractivity contribution in [2.45, 2.75) is 18.9 Å². The Bertz CT molecular complexity index is 451. The second kappa shape index (κ2) is 5.71. The Morgan fingerprint density at radius 1 is 1.56 bits per heavy atom. The van der Waals surface area contributed by atoms with E-state index in [1.165, 1.54) is 0 Å². The lowest BCUT2D eigenvalue weighted by atomic mass is 10.1. The molecule has 18 heavy (non-hydrogen) atoms. The van der Waals surface area contributed by atoms with Gasteiger partial charge < -0.3 is 15.4 Å². The minimum atomic E-state index is -0.370. The molecule has 4 nitrogen and oxygen atoms in total. The molecule has 1 aliphatic rings. The maximum Gasteiger partial charge on any atom is 0.263 e. The summed E-state index contributed by atoms with van der Waals surface area (Å²) in [4.78, 5) is 13.5. The number of hydrogen-bond donors (Lipinski definition) is 1. The normalized spacial score (nSPS) is 19.4. The zero-order chi connectivity index (χ0) is 13.1. The lowest BCUT2D eigenvalue weighted by Crippen LogP contribution is -2.29. The highest BCUT2D eigenvalue weighted by Crippen LogP contribution is 2.31. The van der Waals surface area contributed by atoms with Gasteiger partial charge in [0.05, 0.1) is 4.47 Å². The van der Waals surface area contributed by atoms with E-state index in [0.29, 0.717) is 6.54 Å². The molecule has 0 spiro atoms. The van der Waals surface area contributed by atoms with Gasteiger partial charge in [0.2, 0.25) is 0 Å². The first-order chi connectivity index (χ1) is 8.63. The summed E-state index contributed by atoms with van der Waals surface area (Å²) in [6, 6.07) is 5.85. The zero-order valence-electron chi connectivity index (χ0n) is 10.4. The van der Waals surface area contributed by atoms with Crippen LogP contribution in [0.1, 0.15) is 12.0 Å². The van der Waals surface area contributed by atoms with Crippen LogP contribution in [-0.2, 0) is 11.2 Å². The van der Waals surface area contributed by atoms with Crippen LogP contribution in [0.5, 0.6) is 5.75 Å². The molecule has 0 aliphatic carbocycles. The Morgan fingerprint density at radius 2 is 2.33 bits per heavy atom. The van der Waals surface area contributed by atoms with Crippen LogP contribution >= 0.6 is 15.9 Å². The zero-order valence-corrected chi connectivity index (χ0v) is 11.9. The van der Waals surface area contributed by atoms with Gasteiger partial charge in [0.25, 0.3) is 5.91 Å². The van der Waals surface area contributed by atoms with E-state index in [4.69, 9.17) is 10.5 Å². The van der Waals surface area contributed by atoms with E-state index in [1.54, 1.807) is 11.9 Å². The Hall–Kier alpha value is -1.07. The van der Waals surface area contributed by atoms with Crippen LogP contribution in [0.3, 0.4) is 0 Å². The molecule has 1 fully saturated rings. The highest BCUT2D eigenvalue weighted by Gasteiger charge is 2.31. The molecular weight excluding hydrogens is 296 g/mol. The van der Waals surface area contributed by atoms with Crippen molar-refractivity contribution in [1.29, 1.82) is 0 Å². The molecule has 5 heteroatoms. The number of nitrogens with two attached hydrogens (primary N) is 1. The Morgan fingerprint density at radius 3 is 2.94 bits per heavy atom. The fourth-order valence-corrected chi connectivity index (χ4v) is 2.58. The number of nitrogens with zero attached hydrogens (tertiary/aromatic N) is 1. The summed E-state index contributed by atoms with van der Waals surface area (Å²) < 4.78 is 6.75. The van der Waals surface area contributed by atoms with E-state index < -0.39 is 0 Å². The third-order valence-electron chi connectivity index (χ3n) is 3.10. The van der Waals surface area contributed by atoms with Crippen molar-refractivity contribution in [2.75, 3.05) is 20.1 Å². The average Bonchev–Trinajstić information content (AvgIpc) is 2.65. The van der Waals surface area contributed by atoms with E-state index in [-0.39, 0.29) is 12.0 Å². The first-order valence-corrected chi connectivity index (χ1v) is 6.82. The minimum absolute atomic E-state index is 0.0458. The van der Waals surface area contributed by atoms with Gasteiger partial charge in [0, 0.05) is 20.0 Å². The molecule has 0 aromatic heterocycles. The molecule has 0 saturated carbocycles. The van der Waals surface area contributed by atoms with Gasteiger partial charge in [-0.1, -0.05) is 12.1 Å². The number of carbonyl (C=O) groups is 1. The van der Waals surface area contributed by atoms with Gasteiger partial charge in [-0.05, 0) is 40.5 Å². The van der Waals surface area contributed by atoms with Gasteiger partial charge in [0.1, 0.15) is 5.75 Å². The largest absolute Gasteiger partial charge is 0.479 e. The summed E-state index contributed by atoms with van der Waals surface area (Å²) in [7, 11) is 1.80. The van der Waals surface area contributed by atoms with Gasteiger partial charge in [-0.2, -0.15) is 0 Å². The van der Waals surface area contributed by atoms with E-state index in [9.17, 15) is 4.79 Å². The third kappa shape index (κ3) is 2.67. The molecule has 1 unspecified atom stereocenters. The number of likely N-dealkylation sites (N-methyl/N-ethyl adjacent to an activating group) is 1. The monoisotopic (exact) mass is 312 g/mol. The first-order valence-electron chi connectivity index (χ1n) is 6.02. The summed E-state index contributed by atoms with van der Waals surface area (Å²) in [5.41, 5.74) is 6.63. The molecule has 1 saturated heterocycles. The van der Waals surface area contributed by atoms with Crippen molar-refractivity contribution in [3.63, 3.8) is 0 Å². The Labute approximate surface area is 115 Å². The summed E-state index contributed by atoms with van der Waals surface area (Å²) in [5.74, 6) is 0.793. The standard InChI is InChI=1S/C13H17BrN2O2/c1-16-8-6-11(13(16)17)18-12-9(5-7-15)3-2-4-10(12)14/h2-4,11H,5-8,15H2,1H3. The molecule has 2 N–H and O–H groups in total. The van der Waals surface area contributed by atoms with Crippen LogP contribution < -0.4 is 10.5 Å². The number of rotatable bonds is 4. The number of benzene rings is 1. The van der Waals surface area contributed by atoms with Crippen LogP contribution in [0.4, 0.5) is 0 Å². The van der Waals surface area contributed by atoms with Crippen molar-refractivity contribution in [3.8, 4) is 5.75 Å². The number of halogens is 1. The molecule has 1 aromatic rings. The number of hydrogen-bond acceptors (Lipinski definition) is 3. The Kier molecular flexibility index (Phi) is 4.24. The number of para-hydroxylation sites is 1. The maximum atomic E-state index is 11.9. The summed E-state index contributed by atoms with van der Waals surface area (Å²) in [5, 5.41) is 0. The number of ether oxygens (including phenoxy) is 1. The van der Waals surface area contributed by atoms with E-state index in [0.717, 1.165) is 35.2 Å². The van der Waals surface area contributed by atoms with Gasteiger partial charge in [0.15, 0.2) is 6.10 Å². The second-order valence-corrected chi connectivity index (χ2v) is 5.28. The molecule has 1 aromatic carbocycles. The van der Waals surface area contributed by atoms with Gasteiger partial charge >= 0.3 is 0 Å². The number of likely N-dealkylation sites (tertiary alicyclic amines) is 1. The lowest BCUT2D eigenvalue weighted by Gasteiger charge is -2.17. The van der Waals surface area contributed by atoms with Crippen molar-refractivity contribution in [1.82, 2.24) is 4.90 Å². The van der Waals surface area contributed by atoms with Crippen LogP contribution in [0, 0.1) is 0 Å². The van der Waals surface area contributed by atoms with Crippen molar-refractivity contribution >= 4 is 21.8 Å². The van der Waals surface area contributed by atoms with Gasteiger partial charge in [-0.15, -0.1) is 0 Å². The molecule has 0 radical (unpaired) electrons. The van der Waals surface area contributed by atoms with Gasteiger partial charge in [-0.25, -0.2) is 0 Å². The van der Waals surface area contributed by atoms with Crippen molar-refractivity contribution in [3.05, 3.63) is 28.2 Å². The Balaban J connectivity index is 2.20. The molecule has 2 rings (SSSR count). The average molecular weight is 313 g/mol. The predicted octanol–water partition coefficient (Wildman–Crippen LogP) is 1.56. The fraction of sp³-hybridized carbons (Fsp3) is 0.462. The van der Waals surface area contributed by atoms with Crippen molar-refractivity contribution < 1.29 is 9.53 Å². The highest BCUT2D eigenvalue weighted by atomic mass is 79.9. The van der Waals surface area contributed by atoms with Gasteiger partial charge in [-0.3, -0.25) is 4.79 Å². The smallest absolute Gasteiger partial charge is 0.263 e. The third-order valence-corrected chi connectivity index (χ3v) is 3.73. The summed E-state index contributed by atoms with van der Waals surface area (Å²) >= 11 is 3.47. The molecule has 1 heterocycles. The molecule has 1 amide bonds. The van der Waals surface area contributed by atoms with Crippen LogP contribution in [-0.4, -0.2) is 37.0 Å². The molecule has 98 valence electrons.